The minimum absolute atomic E-state index is 0.0621. The lowest BCUT2D eigenvalue weighted by atomic mass is 10.0. The standard InChI is InChI=1S/C20H23NO3/c1-4-7-16-8-5-6-9-17(16)20(22)21-13-12-15-10-11-18(23-2)19(14-15)24-3/h4-6,8-11,14H,1,7,12-13H2,2-3H3,(H,21,22). The Kier molecular flexibility index (Phi) is 6.43. The molecule has 0 saturated carbocycles. The van der Waals surface area contributed by atoms with Gasteiger partial charge in [-0.15, -0.1) is 6.58 Å². The van der Waals surface area contributed by atoms with Crippen molar-refractivity contribution in [3.63, 3.8) is 0 Å². The predicted molar refractivity (Wildman–Crippen MR) is 95.9 cm³/mol. The highest BCUT2D eigenvalue weighted by molar-refractivity contribution is 5.95. The number of allylic oxidation sites excluding steroid dienone is 1. The first-order chi connectivity index (χ1) is 11.7. The molecule has 0 spiro atoms. The lowest BCUT2D eigenvalue weighted by Crippen LogP contribution is -2.26. The van der Waals surface area contributed by atoms with E-state index in [0.717, 1.165) is 17.5 Å². The van der Waals surface area contributed by atoms with E-state index in [1.807, 2.05) is 42.5 Å². The highest BCUT2D eigenvalue weighted by Gasteiger charge is 2.10. The molecule has 0 aromatic heterocycles. The number of hydrogen-bond acceptors (Lipinski definition) is 3. The smallest absolute Gasteiger partial charge is 0.251 e. The Bertz CT molecular complexity index is 710. The van der Waals surface area contributed by atoms with Crippen LogP contribution in [0.4, 0.5) is 0 Å². The van der Waals surface area contributed by atoms with Gasteiger partial charge in [0.15, 0.2) is 11.5 Å². The number of rotatable bonds is 8. The number of carbonyl (C=O) groups excluding carboxylic acids is 1. The molecule has 126 valence electrons. The molecule has 1 amide bonds. The summed E-state index contributed by atoms with van der Waals surface area (Å²) in [5, 5.41) is 2.97. The summed E-state index contributed by atoms with van der Waals surface area (Å²) < 4.78 is 10.5. The molecule has 1 N–H and O–H groups in total. The van der Waals surface area contributed by atoms with Gasteiger partial charge in [-0.25, -0.2) is 0 Å². The molecule has 0 atom stereocenters. The van der Waals surface area contributed by atoms with Crippen molar-refractivity contribution < 1.29 is 14.3 Å². The fraction of sp³-hybridized carbons (Fsp3) is 0.250. The second kappa shape index (κ2) is 8.77. The van der Waals surface area contributed by atoms with E-state index in [2.05, 4.69) is 11.9 Å². The van der Waals surface area contributed by atoms with Crippen LogP contribution in [0.2, 0.25) is 0 Å². The van der Waals surface area contributed by atoms with Crippen LogP contribution >= 0.6 is 0 Å². The number of nitrogens with one attached hydrogen (secondary N) is 1. The number of amides is 1. The van der Waals surface area contributed by atoms with Crippen molar-refractivity contribution in [3.05, 3.63) is 71.8 Å². The Balaban J connectivity index is 1.97. The van der Waals surface area contributed by atoms with Crippen molar-refractivity contribution in [2.75, 3.05) is 20.8 Å². The van der Waals surface area contributed by atoms with Gasteiger partial charge in [0.2, 0.25) is 0 Å². The molecule has 0 radical (unpaired) electrons. The second-order valence-corrected chi connectivity index (χ2v) is 5.35. The number of benzene rings is 2. The summed E-state index contributed by atoms with van der Waals surface area (Å²) in [4.78, 5) is 12.4. The molecule has 0 saturated heterocycles. The predicted octanol–water partition coefficient (Wildman–Crippen LogP) is 3.40. The second-order valence-electron chi connectivity index (χ2n) is 5.35. The van der Waals surface area contributed by atoms with Crippen LogP contribution < -0.4 is 14.8 Å². The average Bonchev–Trinajstić information content (AvgIpc) is 2.62. The van der Waals surface area contributed by atoms with E-state index in [-0.39, 0.29) is 5.91 Å². The monoisotopic (exact) mass is 325 g/mol. The normalized spacial score (nSPS) is 10.1. The summed E-state index contributed by atoms with van der Waals surface area (Å²) >= 11 is 0. The van der Waals surface area contributed by atoms with Crippen LogP contribution in [0.3, 0.4) is 0 Å². The molecular formula is C20H23NO3. The third-order valence-corrected chi connectivity index (χ3v) is 3.77. The fourth-order valence-electron chi connectivity index (χ4n) is 2.53. The van der Waals surface area contributed by atoms with E-state index in [4.69, 9.17) is 9.47 Å². The van der Waals surface area contributed by atoms with Gasteiger partial charge in [0.25, 0.3) is 5.91 Å². The summed E-state index contributed by atoms with van der Waals surface area (Å²) in [5.74, 6) is 1.33. The van der Waals surface area contributed by atoms with Crippen LogP contribution in [-0.2, 0) is 12.8 Å². The van der Waals surface area contributed by atoms with E-state index in [9.17, 15) is 4.79 Å². The highest BCUT2D eigenvalue weighted by atomic mass is 16.5. The molecule has 2 aromatic carbocycles. The van der Waals surface area contributed by atoms with Crippen LogP contribution in [0, 0.1) is 0 Å². The molecule has 0 aliphatic heterocycles. The van der Waals surface area contributed by atoms with Crippen LogP contribution in [-0.4, -0.2) is 26.7 Å². The van der Waals surface area contributed by atoms with Crippen molar-refractivity contribution in [1.29, 1.82) is 0 Å². The summed E-state index contributed by atoms with van der Waals surface area (Å²) in [5.41, 5.74) is 2.76. The third-order valence-electron chi connectivity index (χ3n) is 3.77. The van der Waals surface area contributed by atoms with Gasteiger partial charge in [-0.1, -0.05) is 30.3 Å². The zero-order chi connectivity index (χ0) is 17.4. The molecule has 2 aromatic rings. The first-order valence-electron chi connectivity index (χ1n) is 7.87. The summed E-state index contributed by atoms with van der Waals surface area (Å²) in [6, 6.07) is 13.4. The highest BCUT2D eigenvalue weighted by Crippen LogP contribution is 2.27. The van der Waals surface area contributed by atoms with Gasteiger partial charge in [0.05, 0.1) is 14.2 Å². The largest absolute Gasteiger partial charge is 0.493 e. The summed E-state index contributed by atoms with van der Waals surface area (Å²) in [7, 11) is 3.22. The molecule has 0 bridgehead atoms. The van der Waals surface area contributed by atoms with Crippen molar-refractivity contribution in [2.45, 2.75) is 12.8 Å². The van der Waals surface area contributed by atoms with Crippen molar-refractivity contribution >= 4 is 5.91 Å². The quantitative estimate of drug-likeness (QED) is 0.757. The van der Waals surface area contributed by atoms with Gasteiger partial charge in [-0.2, -0.15) is 0 Å². The Morgan fingerprint density at radius 3 is 2.58 bits per heavy atom. The van der Waals surface area contributed by atoms with Crippen LogP contribution in [0.15, 0.2) is 55.1 Å². The molecule has 4 nitrogen and oxygen atoms in total. The maximum absolute atomic E-state index is 12.4. The van der Waals surface area contributed by atoms with E-state index in [1.54, 1.807) is 20.3 Å². The van der Waals surface area contributed by atoms with Crippen LogP contribution in [0.5, 0.6) is 11.5 Å². The third kappa shape index (κ3) is 4.38. The van der Waals surface area contributed by atoms with Gasteiger partial charge in [-0.3, -0.25) is 4.79 Å². The maximum atomic E-state index is 12.4. The van der Waals surface area contributed by atoms with Crippen molar-refractivity contribution in [1.82, 2.24) is 5.32 Å². The van der Waals surface area contributed by atoms with Gasteiger partial charge in [0, 0.05) is 12.1 Å². The molecule has 4 heteroatoms. The lowest BCUT2D eigenvalue weighted by Gasteiger charge is -2.11. The van der Waals surface area contributed by atoms with E-state index < -0.39 is 0 Å². The van der Waals surface area contributed by atoms with Gasteiger partial charge < -0.3 is 14.8 Å². The first-order valence-corrected chi connectivity index (χ1v) is 7.87. The first kappa shape index (κ1) is 17.6. The maximum Gasteiger partial charge on any atom is 0.251 e. The Hall–Kier alpha value is -2.75. The molecule has 0 aliphatic carbocycles. The molecule has 2 rings (SSSR count). The zero-order valence-corrected chi connectivity index (χ0v) is 14.2. The van der Waals surface area contributed by atoms with Gasteiger partial charge in [0.1, 0.15) is 0 Å². The lowest BCUT2D eigenvalue weighted by molar-refractivity contribution is 0.0953. The van der Waals surface area contributed by atoms with Crippen molar-refractivity contribution in [3.8, 4) is 11.5 Å². The van der Waals surface area contributed by atoms with Crippen LogP contribution in [0.25, 0.3) is 0 Å². The molecule has 0 aliphatic rings. The minimum Gasteiger partial charge on any atom is -0.493 e. The summed E-state index contributed by atoms with van der Waals surface area (Å²) in [6.07, 6.45) is 3.20. The van der Waals surface area contributed by atoms with Crippen LogP contribution in [0.1, 0.15) is 21.5 Å². The Morgan fingerprint density at radius 1 is 1.12 bits per heavy atom. The summed E-state index contributed by atoms with van der Waals surface area (Å²) in [6.45, 7) is 4.29. The molecule has 0 heterocycles. The molecule has 0 fully saturated rings. The van der Waals surface area contributed by atoms with E-state index in [0.29, 0.717) is 30.0 Å². The van der Waals surface area contributed by atoms with E-state index in [1.165, 1.54) is 0 Å². The number of methoxy groups -OCH3 is 2. The number of ether oxygens (including phenoxy) is 2. The van der Waals surface area contributed by atoms with Crippen molar-refractivity contribution in [2.24, 2.45) is 0 Å². The molecular weight excluding hydrogens is 302 g/mol. The Morgan fingerprint density at radius 2 is 1.88 bits per heavy atom. The Labute approximate surface area is 143 Å². The molecule has 24 heavy (non-hydrogen) atoms. The fourth-order valence-corrected chi connectivity index (χ4v) is 2.53. The average molecular weight is 325 g/mol. The SMILES string of the molecule is C=CCc1ccccc1C(=O)NCCc1ccc(OC)c(OC)c1. The minimum atomic E-state index is -0.0621. The van der Waals surface area contributed by atoms with Gasteiger partial charge >= 0.3 is 0 Å². The zero-order valence-electron chi connectivity index (χ0n) is 14.2. The molecule has 0 unspecified atom stereocenters. The topological polar surface area (TPSA) is 47.6 Å². The number of carbonyl (C=O) groups is 1. The number of hydrogen-bond donors (Lipinski definition) is 1. The van der Waals surface area contributed by atoms with E-state index >= 15 is 0 Å². The van der Waals surface area contributed by atoms with Gasteiger partial charge in [-0.05, 0) is 42.2 Å².